The van der Waals surface area contributed by atoms with Crippen LogP contribution in [-0.2, 0) is 6.42 Å². The van der Waals surface area contributed by atoms with Gasteiger partial charge in [-0.05, 0) is 49.9 Å². The van der Waals surface area contributed by atoms with E-state index in [0.717, 1.165) is 30.6 Å². The standard InChI is InChI=1S/C18H20N2S/c1-12-8-9-16-14(11-12)6-4-10-20(16)17-13(2)5-3-7-15(17)18(19)21/h3,5,7-9,11H,4,6,10H2,1-2H3,(H2,19,21). The number of benzene rings is 2. The first-order chi connectivity index (χ1) is 10.1. The third kappa shape index (κ3) is 2.54. The smallest absolute Gasteiger partial charge is 0.106 e. The summed E-state index contributed by atoms with van der Waals surface area (Å²) in [5, 5.41) is 0. The maximum atomic E-state index is 5.94. The van der Waals surface area contributed by atoms with Gasteiger partial charge in [-0.3, -0.25) is 0 Å². The zero-order valence-electron chi connectivity index (χ0n) is 12.5. The molecule has 0 bridgehead atoms. The Morgan fingerprint density at radius 1 is 1.19 bits per heavy atom. The Labute approximate surface area is 131 Å². The van der Waals surface area contributed by atoms with Crippen molar-refractivity contribution in [2.75, 3.05) is 11.4 Å². The van der Waals surface area contributed by atoms with Crippen LogP contribution in [0.5, 0.6) is 0 Å². The Hall–Kier alpha value is -1.87. The van der Waals surface area contributed by atoms with Crippen molar-refractivity contribution in [3.63, 3.8) is 0 Å². The van der Waals surface area contributed by atoms with Gasteiger partial charge in [0.1, 0.15) is 4.99 Å². The van der Waals surface area contributed by atoms with Crippen molar-refractivity contribution < 1.29 is 0 Å². The number of nitrogens with two attached hydrogens (primary N) is 1. The molecular formula is C18H20N2S. The van der Waals surface area contributed by atoms with E-state index >= 15 is 0 Å². The Kier molecular flexibility index (Phi) is 3.68. The van der Waals surface area contributed by atoms with E-state index in [2.05, 4.69) is 43.0 Å². The van der Waals surface area contributed by atoms with E-state index in [1.54, 1.807) is 0 Å². The molecule has 1 heterocycles. The highest BCUT2D eigenvalue weighted by atomic mass is 32.1. The molecule has 3 heteroatoms. The normalized spacial score (nSPS) is 13.9. The molecule has 0 aromatic heterocycles. The Morgan fingerprint density at radius 3 is 2.76 bits per heavy atom. The summed E-state index contributed by atoms with van der Waals surface area (Å²) in [5.41, 5.74) is 13.3. The van der Waals surface area contributed by atoms with Crippen LogP contribution in [0.25, 0.3) is 0 Å². The van der Waals surface area contributed by atoms with E-state index in [-0.39, 0.29) is 0 Å². The number of fused-ring (bicyclic) bond motifs is 1. The van der Waals surface area contributed by atoms with E-state index in [1.165, 1.54) is 22.4 Å². The third-order valence-electron chi connectivity index (χ3n) is 4.13. The van der Waals surface area contributed by atoms with Crippen LogP contribution < -0.4 is 10.6 Å². The maximum Gasteiger partial charge on any atom is 0.106 e. The highest BCUT2D eigenvalue weighted by Gasteiger charge is 2.22. The number of nitrogens with zero attached hydrogens (tertiary/aromatic N) is 1. The quantitative estimate of drug-likeness (QED) is 0.849. The molecule has 2 N–H and O–H groups in total. The molecule has 1 aliphatic rings. The molecule has 21 heavy (non-hydrogen) atoms. The second kappa shape index (κ2) is 5.49. The lowest BCUT2D eigenvalue weighted by Gasteiger charge is -2.34. The van der Waals surface area contributed by atoms with Crippen molar-refractivity contribution in [1.82, 2.24) is 0 Å². The van der Waals surface area contributed by atoms with Crippen LogP contribution in [0, 0.1) is 13.8 Å². The Morgan fingerprint density at radius 2 is 2.00 bits per heavy atom. The van der Waals surface area contributed by atoms with Crippen LogP contribution in [0.15, 0.2) is 36.4 Å². The Bertz CT molecular complexity index is 706. The molecule has 0 radical (unpaired) electrons. The fourth-order valence-corrected chi connectivity index (χ4v) is 3.34. The predicted molar refractivity (Wildman–Crippen MR) is 93.6 cm³/mol. The number of aryl methyl sites for hydroxylation is 3. The van der Waals surface area contributed by atoms with Gasteiger partial charge >= 0.3 is 0 Å². The lowest BCUT2D eigenvalue weighted by Crippen LogP contribution is -2.28. The summed E-state index contributed by atoms with van der Waals surface area (Å²) >= 11 is 5.25. The van der Waals surface area contributed by atoms with Gasteiger partial charge in [0.05, 0.1) is 5.69 Å². The Balaban J connectivity index is 2.18. The highest BCUT2D eigenvalue weighted by molar-refractivity contribution is 7.80. The highest BCUT2D eigenvalue weighted by Crippen LogP contribution is 2.37. The zero-order valence-corrected chi connectivity index (χ0v) is 13.3. The molecule has 0 fully saturated rings. The van der Waals surface area contributed by atoms with Crippen LogP contribution in [0.3, 0.4) is 0 Å². The second-order valence-corrected chi connectivity index (χ2v) is 6.16. The van der Waals surface area contributed by atoms with Crippen LogP contribution in [0.2, 0.25) is 0 Å². The molecule has 0 atom stereocenters. The first kappa shape index (κ1) is 14.1. The van der Waals surface area contributed by atoms with Gasteiger partial charge in [0.25, 0.3) is 0 Å². The minimum absolute atomic E-state index is 0.466. The van der Waals surface area contributed by atoms with E-state index in [1.807, 2.05) is 12.1 Å². The maximum absolute atomic E-state index is 5.94. The van der Waals surface area contributed by atoms with E-state index in [0.29, 0.717) is 4.99 Å². The molecule has 0 unspecified atom stereocenters. The molecule has 2 nitrogen and oxygen atoms in total. The molecule has 108 valence electrons. The van der Waals surface area contributed by atoms with Gasteiger partial charge in [0.15, 0.2) is 0 Å². The summed E-state index contributed by atoms with van der Waals surface area (Å²) in [4.78, 5) is 2.84. The minimum Gasteiger partial charge on any atom is -0.389 e. The lowest BCUT2D eigenvalue weighted by atomic mass is 9.97. The number of thiocarbonyl (C=S) groups is 1. The molecule has 0 spiro atoms. The molecule has 2 aromatic carbocycles. The van der Waals surface area contributed by atoms with Crippen LogP contribution in [0.4, 0.5) is 11.4 Å². The predicted octanol–water partition coefficient (Wildman–Crippen LogP) is 4.02. The number of rotatable bonds is 2. The zero-order chi connectivity index (χ0) is 15.0. The first-order valence-electron chi connectivity index (χ1n) is 7.34. The molecule has 0 saturated heterocycles. The van der Waals surface area contributed by atoms with Gasteiger partial charge in [-0.15, -0.1) is 0 Å². The van der Waals surface area contributed by atoms with Crippen LogP contribution in [-0.4, -0.2) is 11.5 Å². The number of hydrogen-bond donors (Lipinski definition) is 1. The van der Waals surface area contributed by atoms with Crippen molar-refractivity contribution in [3.8, 4) is 0 Å². The van der Waals surface area contributed by atoms with Gasteiger partial charge < -0.3 is 10.6 Å². The minimum atomic E-state index is 0.466. The van der Waals surface area contributed by atoms with Gasteiger partial charge in [-0.25, -0.2) is 0 Å². The van der Waals surface area contributed by atoms with Gasteiger partial charge in [0.2, 0.25) is 0 Å². The fraction of sp³-hybridized carbons (Fsp3) is 0.278. The molecule has 3 rings (SSSR count). The summed E-state index contributed by atoms with van der Waals surface area (Å²) in [6.45, 7) is 5.28. The summed E-state index contributed by atoms with van der Waals surface area (Å²) < 4.78 is 0. The largest absolute Gasteiger partial charge is 0.389 e. The molecule has 1 aliphatic heterocycles. The van der Waals surface area contributed by atoms with E-state index < -0.39 is 0 Å². The van der Waals surface area contributed by atoms with Crippen molar-refractivity contribution in [3.05, 3.63) is 58.7 Å². The van der Waals surface area contributed by atoms with Crippen molar-refractivity contribution in [2.24, 2.45) is 5.73 Å². The lowest BCUT2D eigenvalue weighted by molar-refractivity contribution is 0.764. The summed E-state index contributed by atoms with van der Waals surface area (Å²) in [6, 6.07) is 12.9. The SMILES string of the molecule is Cc1ccc2c(c1)CCCN2c1c(C)cccc1C(N)=S. The monoisotopic (exact) mass is 296 g/mol. The van der Waals surface area contributed by atoms with Crippen molar-refractivity contribution in [1.29, 1.82) is 0 Å². The summed E-state index contributed by atoms with van der Waals surface area (Å²) in [6.07, 6.45) is 2.30. The molecule has 2 aromatic rings. The van der Waals surface area contributed by atoms with Gasteiger partial charge in [0, 0.05) is 17.8 Å². The molecule has 0 aliphatic carbocycles. The van der Waals surface area contributed by atoms with Gasteiger partial charge in [-0.2, -0.15) is 0 Å². The topological polar surface area (TPSA) is 29.3 Å². The average molecular weight is 296 g/mol. The van der Waals surface area contributed by atoms with Crippen LogP contribution in [0.1, 0.15) is 28.7 Å². The first-order valence-corrected chi connectivity index (χ1v) is 7.75. The van der Waals surface area contributed by atoms with Crippen molar-refractivity contribution >= 4 is 28.6 Å². The molecule has 0 saturated carbocycles. The summed E-state index contributed by atoms with van der Waals surface area (Å²) in [7, 11) is 0. The second-order valence-electron chi connectivity index (χ2n) is 5.72. The van der Waals surface area contributed by atoms with Crippen molar-refractivity contribution in [2.45, 2.75) is 26.7 Å². The van der Waals surface area contributed by atoms with Crippen LogP contribution >= 0.6 is 12.2 Å². The van der Waals surface area contributed by atoms with E-state index in [4.69, 9.17) is 18.0 Å². The number of hydrogen-bond acceptors (Lipinski definition) is 2. The number of anilines is 2. The molecular weight excluding hydrogens is 276 g/mol. The average Bonchev–Trinajstić information content (AvgIpc) is 2.46. The van der Waals surface area contributed by atoms with Gasteiger partial charge in [-0.1, -0.05) is 42.0 Å². The number of para-hydroxylation sites is 1. The molecule has 0 amide bonds. The summed E-state index contributed by atoms with van der Waals surface area (Å²) in [5.74, 6) is 0. The van der Waals surface area contributed by atoms with E-state index in [9.17, 15) is 0 Å². The third-order valence-corrected chi connectivity index (χ3v) is 4.35. The fourth-order valence-electron chi connectivity index (χ4n) is 3.17.